The highest BCUT2D eigenvalue weighted by atomic mass is 35.5. The number of halogens is 2. The molecule has 0 spiro atoms. The van der Waals surface area contributed by atoms with Gasteiger partial charge in [0.05, 0.1) is 4.34 Å². The Morgan fingerprint density at radius 2 is 2.27 bits per heavy atom. The number of ketones is 1. The average molecular weight is 261 g/mol. The van der Waals surface area contributed by atoms with Crippen molar-refractivity contribution in [2.75, 3.05) is 0 Å². The molecule has 0 aromatic carbocycles. The molecule has 2 aromatic heterocycles. The molecule has 0 aliphatic rings. The molecule has 15 heavy (non-hydrogen) atoms. The van der Waals surface area contributed by atoms with Gasteiger partial charge in [0, 0.05) is 6.42 Å². The minimum absolute atomic E-state index is 0.192. The molecular weight excluding hydrogens is 255 g/mol. The van der Waals surface area contributed by atoms with Crippen LogP contribution in [0.1, 0.15) is 15.2 Å². The van der Waals surface area contributed by atoms with E-state index < -0.39 is 5.82 Å². The maximum absolute atomic E-state index is 13.1. The zero-order chi connectivity index (χ0) is 10.8. The molecule has 0 atom stereocenters. The van der Waals surface area contributed by atoms with Gasteiger partial charge in [-0.2, -0.15) is 0 Å². The van der Waals surface area contributed by atoms with Gasteiger partial charge < -0.3 is 0 Å². The summed E-state index contributed by atoms with van der Waals surface area (Å²) in [6, 6.07) is 3.04. The van der Waals surface area contributed by atoms with E-state index in [1.165, 1.54) is 17.4 Å². The summed E-state index contributed by atoms with van der Waals surface area (Å²) in [5, 5.41) is 3.38. The molecule has 0 amide bonds. The summed E-state index contributed by atoms with van der Waals surface area (Å²) in [5.41, 5.74) is 0.836. The van der Waals surface area contributed by atoms with Gasteiger partial charge in [-0.1, -0.05) is 11.6 Å². The standard InChI is InChI=1S/C10H6ClFOS2/c11-9-4-6(5-15-9)3-8(13)10-7(12)1-2-14-10/h1-2,4-5H,3H2. The van der Waals surface area contributed by atoms with Gasteiger partial charge in [-0.15, -0.1) is 22.7 Å². The van der Waals surface area contributed by atoms with E-state index in [9.17, 15) is 9.18 Å². The molecule has 78 valence electrons. The first-order chi connectivity index (χ1) is 7.16. The van der Waals surface area contributed by atoms with Crippen LogP contribution >= 0.6 is 34.3 Å². The molecule has 0 radical (unpaired) electrons. The molecule has 0 saturated carbocycles. The summed E-state index contributed by atoms with van der Waals surface area (Å²) in [5.74, 6) is -0.636. The van der Waals surface area contributed by atoms with Gasteiger partial charge in [-0.25, -0.2) is 4.39 Å². The predicted molar refractivity (Wildman–Crippen MR) is 61.6 cm³/mol. The minimum atomic E-state index is -0.439. The summed E-state index contributed by atoms with van der Waals surface area (Å²) in [6.07, 6.45) is 0.209. The van der Waals surface area contributed by atoms with Crippen molar-refractivity contribution in [3.63, 3.8) is 0 Å². The Kier molecular flexibility index (Phi) is 3.19. The third-order valence-electron chi connectivity index (χ3n) is 1.86. The molecule has 1 nitrogen and oxygen atoms in total. The first-order valence-corrected chi connectivity index (χ1v) is 6.29. The Labute approximate surface area is 99.1 Å². The van der Waals surface area contributed by atoms with Gasteiger partial charge in [0.1, 0.15) is 10.7 Å². The Hall–Kier alpha value is -0.710. The van der Waals surface area contributed by atoms with Gasteiger partial charge >= 0.3 is 0 Å². The zero-order valence-electron chi connectivity index (χ0n) is 7.50. The molecule has 2 aromatic rings. The van der Waals surface area contributed by atoms with Crippen molar-refractivity contribution in [1.82, 2.24) is 0 Å². The fourth-order valence-electron chi connectivity index (χ4n) is 1.20. The Morgan fingerprint density at radius 1 is 1.47 bits per heavy atom. The predicted octanol–water partition coefficient (Wildman–Crippen LogP) is 4.03. The van der Waals surface area contributed by atoms with Gasteiger partial charge in [-0.3, -0.25) is 4.79 Å². The topological polar surface area (TPSA) is 17.1 Å². The largest absolute Gasteiger partial charge is 0.293 e. The first kappa shape index (κ1) is 10.8. The molecule has 0 fully saturated rings. The van der Waals surface area contributed by atoms with Gasteiger partial charge in [-0.05, 0) is 28.5 Å². The van der Waals surface area contributed by atoms with E-state index in [1.807, 2.05) is 5.38 Å². The molecule has 0 saturated heterocycles. The molecule has 0 unspecified atom stereocenters. The third-order valence-corrected chi connectivity index (χ3v) is 3.93. The normalized spacial score (nSPS) is 10.5. The maximum atomic E-state index is 13.1. The summed E-state index contributed by atoms with van der Waals surface area (Å²) in [6.45, 7) is 0. The van der Waals surface area contributed by atoms with Crippen molar-refractivity contribution in [3.8, 4) is 0 Å². The molecule has 2 heterocycles. The second kappa shape index (κ2) is 4.43. The smallest absolute Gasteiger partial charge is 0.180 e. The van der Waals surface area contributed by atoms with Crippen LogP contribution in [0.5, 0.6) is 0 Å². The number of rotatable bonds is 3. The van der Waals surface area contributed by atoms with E-state index in [0.717, 1.165) is 16.9 Å². The molecule has 0 aliphatic carbocycles. The van der Waals surface area contributed by atoms with Crippen molar-refractivity contribution in [2.45, 2.75) is 6.42 Å². The Bertz CT molecular complexity index is 489. The SMILES string of the molecule is O=C(Cc1csc(Cl)c1)c1sccc1F. The highest BCUT2D eigenvalue weighted by Gasteiger charge is 2.14. The van der Waals surface area contributed by atoms with Crippen LogP contribution in [0.15, 0.2) is 22.9 Å². The fraction of sp³-hybridized carbons (Fsp3) is 0.100. The van der Waals surface area contributed by atoms with Crippen molar-refractivity contribution in [3.05, 3.63) is 43.5 Å². The monoisotopic (exact) mass is 260 g/mol. The zero-order valence-corrected chi connectivity index (χ0v) is 9.89. The van der Waals surface area contributed by atoms with Gasteiger partial charge in [0.15, 0.2) is 5.78 Å². The highest BCUT2D eigenvalue weighted by molar-refractivity contribution is 7.14. The molecule has 5 heteroatoms. The molecule has 0 bridgehead atoms. The van der Waals surface area contributed by atoms with Crippen LogP contribution in [0, 0.1) is 5.82 Å². The summed E-state index contributed by atoms with van der Waals surface area (Å²) >= 11 is 8.24. The Morgan fingerprint density at radius 3 is 2.80 bits per heavy atom. The number of Topliss-reactive ketones (excluding diaryl/α,β-unsaturated/α-hetero) is 1. The first-order valence-electron chi connectivity index (χ1n) is 4.16. The van der Waals surface area contributed by atoms with Crippen LogP contribution in [0.2, 0.25) is 4.34 Å². The number of thiophene rings is 2. The van der Waals surface area contributed by atoms with Crippen molar-refractivity contribution in [2.24, 2.45) is 0 Å². The Balaban J connectivity index is 2.14. The lowest BCUT2D eigenvalue weighted by Crippen LogP contribution is -2.01. The van der Waals surface area contributed by atoms with E-state index in [0.29, 0.717) is 4.34 Å². The lowest BCUT2D eigenvalue weighted by atomic mass is 10.1. The van der Waals surface area contributed by atoms with Crippen LogP contribution in [0.3, 0.4) is 0 Å². The summed E-state index contributed by atoms with van der Waals surface area (Å²) in [4.78, 5) is 11.8. The summed E-state index contributed by atoms with van der Waals surface area (Å²) in [7, 11) is 0. The van der Waals surface area contributed by atoms with E-state index in [-0.39, 0.29) is 17.1 Å². The van der Waals surface area contributed by atoms with Crippen LogP contribution in [0.4, 0.5) is 4.39 Å². The summed E-state index contributed by atoms with van der Waals surface area (Å²) < 4.78 is 13.7. The maximum Gasteiger partial charge on any atom is 0.180 e. The quantitative estimate of drug-likeness (QED) is 0.762. The van der Waals surface area contributed by atoms with E-state index >= 15 is 0 Å². The lowest BCUT2D eigenvalue weighted by Gasteiger charge is -1.95. The number of carbonyl (C=O) groups is 1. The highest BCUT2D eigenvalue weighted by Crippen LogP contribution is 2.23. The molecule has 0 aliphatic heterocycles. The number of carbonyl (C=O) groups excluding carboxylic acids is 1. The second-order valence-corrected chi connectivity index (χ2v) is 5.42. The van der Waals surface area contributed by atoms with Crippen molar-refractivity contribution >= 4 is 40.1 Å². The molecule has 2 rings (SSSR count). The van der Waals surface area contributed by atoms with Crippen molar-refractivity contribution in [1.29, 1.82) is 0 Å². The lowest BCUT2D eigenvalue weighted by molar-refractivity contribution is 0.0993. The van der Waals surface area contributed by atoms with Crippen LogP contribution in [-0.2, 0) is 6.42 Å². The van der Waals surface area contributed by atoms with Crippen molar-refractivity contribution < 1.29 is 9.18 Å². The second-order valence-electron chi connectivity index (χ2n) is 2.96. The van der Waals surface area contributed by atoms with Gasteiger partial charge in [0.2, 0.25) is 0 Å². The fourth-order valence-corrected chi connectivity index (χ4v) is 2.81. The van der Waals surface area contributed by atoms with Crippen LogP contribution < -0.4 is 0 Å². The van der Waals surface area contributed by atoms with Gasteiger partial charge in [0.25, 0.3) is 0 Å². The van der Waals surface area contributed by atoms with E-state index in [2.05, 4.69) is 0 Å². The third kappa shape index (κ3) is 2.45. The van der Waals surface area contributed by atoms with Crippen LogP contribution in [-0.4, -0.2) is 5.78 Å². The average Bonchev–Trinajstić information content (AvgIpc) is 2.75. The minimum Gasteiger partial charge on any atom is -0.293 e. The molecular formula is C10H6ClFOS2. The number of hydrogen-bond acceptors (Lipinski definition) is 3. The van der Waals surface area contributed by atoms with E-state index in [4.69, 9.17) is 11.6 Å². The molecule has 0 N–H and O–H groups in total. The van der Waals surface area contributed by atoms with Crippen LogP contribution in [0.25, 0.3) is 0 Å². The number of hydrogen-bond donors (Lipinski definition) is 0. The van der Waals surface area contributed by atoms with E-state index in [1.54, 1.807) is 11.4 Å².